The maximum Gasteiger partial charge on any atom is 0.336 e. The molecule has 0 bridgehead atoms. The second-order valence-electron chi connectivity index (χ2n) is 7.06. The van der Waals surface area contributed by atoms with Crippen LogP contribution < -0.4 is 9.04 Å². The first-order chi connectivity index (χ1) is 15.3. The van der Waals surface area contributed by atoms with Gasteiger partial charge in [0, 0.05) is 6.54 Å². The molecule has 8 heteroatoms. The highest BCUT2D eigenvalue weighted by Gasteiger charge is 2.25. The molecule has 6 nitrogen and oxygen atoms in total. The fraction of sp³-hybridized carbons (Fsp3) is 0.208. The average Bonchev–Trinajstić information content (AvgIpc) is 2.79. The molecular formula is C24H24FNO5S. The first kappa shape index (κ1) is 23.3. The highest BCUT2D eigenvalue weighted by atomic mass is 32.2. The Bertz CT molecular complexity index is 1190. The summed E-state index contributed by atoms with van der Waals surface area (Å²) in [5.74, 6) is -0.949. The van der Waals surface area contributed by atoms with Crippen LogP contribution in [0.1, 0.15) is 35.3 Å². The van der Waals surface area contributed by atoms with Gasteiger partial charge in [0.25, 0.3) is 10.0 Å². The average molecular weight is 458 g/mol. The lowest BCUT2D eigenvalue weighted by Gasteiger charge is -2.23. The Kier molecular flexibility index (Phi) is 7.15. The zero-order valence-corrected chi connectivity index (χ0v) is 18.6. The summed E-state index contributed by atoms with van der Waals surface area (Å²) >= 11 is 0. The van der Waals surface area contributed by atoms with E-state index in [9.17, 15) is 22.7 Å². The van der Waals surface area contributed by atoms with Crippen molar-refractivity contribution in [3.63, 3.8) is 0 Å². The van der Waals surface area contributed by atoms with Crippen molar-refractivity contribution in [1.82, 2.24) is 0 Å². The van der Waals surface area contributed by atoms with Crippen molar-refractivity contribution in [2.75, 3.05) is 10.8 Å². The van der Waals surface area contributed by atoms with E-state index >= 15 is 0 Å². The van der Waals surface area contributed by atoms with Gasteiger partial charge in [0.15, 0.2) is 0 Å². The number of benzene rings is 3. The molecule has 0 fully saturated rings. The number of hydrogen-bond acceptors (Lipinski definition) is 4. The van der Waals surface area contributed by atoms with Crippen LogP contribution in [0.2, 0.25) is 0 Å². The SMILES string of the molecule is CCc1ccc(S(=O)(=O)N(CC)c2ccc(OCc3ccc(F)cc3)cc2)cc1C(=O)O. The lowest BCUT2D eigenvalue weighted by molar-refractivity contribution is 0.0695. The maximum absolute atomic E-state index is 13.2. The van der Waals surface area contributed by atoms with Gasteiger partial charge in [0.1, 0.15) is 18.2 Å². The van der Waals surface area contributed by atoms with Crippen molar-refractivity contribution < 1.29 is 27.4 Å². The molecule has 0 aliphatic heterocycles. The van der Waals surface area contributed by atoms with E-state index in [-0.39, 0.29) is 29.4 Å². The van der Waals surface area contributed by atoms with Crippen molar-refractivity contribution in [2.45, 2.75) is 31.8 Å². The van der Waals surface area contributed by atoms with Crippen molar-refractivity contribution in [1.29, 1.82) is 0 Å². The van der Waals surface area contributed by atoms with E-state index in [2.05, 4.69) is 0 Å². The number of hydrogen-bond donors (Lipinski definition) is 1. The molecule has 0 radical (unpaired) electrons. The Balaban J connectivity index is 1.81. The number of nitrogens with zero attached hydrogens (tertiary/aromatic N) is 1. The van der Waals surface area contributed by atoms with E-state index < -0.39 is 16.0 Å². The van der Waals surface area contributed by atoms with Crippen LogP contribution >= 0.6 is 0 Å². The zero-order valence-electron chi connectivity index (χ0n) is 17.8. The van der Waals surface area contributed by atoms with Crippen LogP contribution in [0, 0.1) is 5.82 Å². The predicted molar refractivity (Wildman–Crippen MR) is 120 cm³/mol. The van der Waals surface area contributed by atoms with E-state index in [0.717, 1.165) is 5.56 Å². The third-order valence-electron chi connectivity index (χ3n) is 5.01. The molecule has 0 unspecified atom stereocenters. The number of carboxylic acids is 1. The first-order valence-corrected chi connectivity index (χ1v) is 11.6. The zero-order chi connectivity index (χ0) is 23.3. The molecule has 32 heavy (non-hydrogen) atoms. The fourth-order valence-electron chi connectivity index (χ4n) is 3.30. The maximum atomic E-state index is 13.2. The van der Waals surface area contributed by atoms with Gasteiger partial charge in [-0.2, -0.15) is 0 Å². The molecule has 0 heterocycles. The highest BCUT2D eigenvalue weighted by Crippen LogP contribution is 2.27. The standard InChI is InChI=1S/C24H24FNO5S/c1-3-18-7-14-22(15-23(18)24(27)28)32(29,30)26(4-2)20-10-12-21(13-11-20)31-16-17-5-8-19(25)9-6-17/h5-15H,3-4,16H2,1-2H3,(H,27,28). The minimum absolute atomic E-state index is 0.0193. The molecule has 168 valence electrons. The van der Waals surface area contributed by atoms with E-state index in [4.69, 9.17) is 4.74 Å². The van der Waals surface area contributed by atoms with Gasteiger partial charge >= 0.3 is 5.97 Å². The summed E-state index contributed by atoms with van der Waals surface area (Å²) in [6, 6.07) is 16.7. The Labute approximate surface area is 186 Å². The number of anilines is 1. The minimum atomic E-state index is -3.96. The Morgan fingerprint density at radius 1 is 1.00 bits per heavy atom. The minimum Gasteiger partial charge on any atom is -0.489 e. The second kappa shape index (κ2) is 9.82. The Hall–Kier alpha value is -3.39. The van der Waals surface area contributed by atoms with Crippen LogP contribution in [0.3, 0.4) is 0 Å². The quantitative estimate of drug-likeness (QED) is 0.495. The van der Waals surface area contributed by atoms with Gasteiger partial charge in [0.2, 0.25) is 0 Å². The number of ether oxygens (including phenoxy) is 1. The number of carbonyl (C=O) groups is 1. The number of aryl methyl sites for hydroxylation is 1. The number of halogens is 1. The number of carboxylic acid groups (broad SMARTS) is 1. The van der Waals surface area contributed by atoms with Crippen molar-refractivity contribution in [2.24, 2.45) is 0 Å². The van der Waals surface area contributed by atoms with Gasteiger partial charge in [-0.15, -0.1) is 0 Å². The van der Waals surface area contributed by atoms with Gasteiger partial charge in [0.05, 0.1) is 16.1 Å². The molecule has 0 aliphatic carbocycles. The van der Waals surface area contributed by atoms with Crippen molar-refractivity contribution in [3.05, 3.63) is 89.2 Å². The molecule has 3 aromatic rings. The van der Waals surface area contributed by atoms with Crippen molar-refractivity contribution in [3.8, 4) is 5.75 Å². The van der Waals surface area contributed by atoms with Gasteiger partial charge in [-0.05, 0) is 73.0 Å². The molecule has 1 N–H and O–H groups in total. The van der Waals surface area contributed by atoms with Gasteiger partial charge in [-0.3, -0.25) is 4.31 Å². The third kappa shape index (κ3) is 5.08. The lowest BCUT2D eigenvalue weighted by atomic mass is 10.1. The van der Waals surface area contributed by atoms with Crippen molar-refractivity contribution >= 4 is 21.7 Å². The molecule has 0 atom stereocenters. The van der Waals surface area contributed by atoms with Gasteiger partial charge in [-0.1, -0.05) is 25.1 Å². The van der Waals surface area contributed by atoms with E-state index in [1.807, 2.05) is 6.92 Å². The Morgan fingerprint density at radius 2 is 1.66 bits per heavy atom. The first-order valence-electron chi connectivity index (χ1n) is 10.1. The molecule has 0 aromatic heterocycles. The summed E-state index contributed by atoms with van der Waals surface area (Å²) in [5.41, 5.74) is 1.78. The van der Waals surface area contributed by atoms with Crippen LogP contribution in [0.15, 0.2) is 71.6 Å². The molecule has 3 aromatic carbocycles. The second-order valence-corrected chi connectivity index (χ2v) is 8.92. The van der Waals surface area contributed by atoms with Crippen LogP contribution in [0.25, 0.3) is 0 Å². The predicted octanol–water partition coefficient (Wildman–Crippen LogP) is 4.88. The molecule has 0 saturated carbocycles. The smallest absolute Gasteiger partial charge is 0.336 e. The van der Waals surface area contributed by atoms with Crippen LogP contribution in [0.5, 0.6) is 5.75 Å². The Morgan fingerprint density at radius 3 is 2.22 bits per heavy atom. The molecule has 0 aliphatic rings. The number of aromatic carboxylic acids is 1. The molecule has 3 rings (SSSR count). The van der Waals surface area contributed by atoms with E-state index in [0.29, 0.717) is 23.4 Å². The summed E-state index contributed by atoms with van der Waals surface area (Å²) in [6.07, 6.45) is 0.485. The van der Waals surface area contributed by atoms with E-state index in [1.165, 1.54) is 34.6 Å². The molecule has 0 saturated heterocycles. The molecule has 0 amide bonds. The number of rotatable bonds is 9. The summed E-state index contributed by atoms with van der Waals surface area (Å²) in [4.78, 5) is 11.5. The summed E-state index contributed by atoms with van der Waals surface area (Å²) in [7, 11) is -3.96. The van der Waals surface area contributed by atoms with Gasteiger partial charge < -0.3 is 9.84 Å². The topological polar surface area (TPSA) is 83.9 Å². The van der Waals surface area contributed by atoms with Crippen LogP contribution in [-0.2, 0) is 23.1 Å². The number of sulfonamides is 1. The van der Waals surface area contributed by atoms with Gasteiger partial charge in [-0.25, -0.2) is 17.6 Å². The monoisotopic (exact) mass is 457 g/mol. The largest absolute Gasteiger partial charge is 0.489 e. The fourth-order valence-corrected chi connectivity index (χ4v) is 4.80. The lowest BCUT2D eigenvalue weighted by Crippen LogP contribution is -2.31. The highest BCUT2D eigenvalue weighted by molar-refractivity contribution is 7.92. The summed E-state index contributed by atoms with van der Waals surface area (Å²) < 4.78 is 46.4. The van der Waals surface area contributed by atoms with Crippen LogP contribution in [0.4, 0.5) is 10.1 Å². The molecule has 0 spiro atoms. The third-order valence-corrected chi connectivity index (χ3v) is 6.91. The summed E-state index contributed by atoms with van der Waals surface area (Å²) in [5, 5.41) is 9.44. The van der Waals surface area contributed by atoms with Crippen LogP contribution in [-0.4, -0.2) is 26.0 Å². The summed E-state index contributed by atoms with van der Waals surface area (Å²) in [6.45, 7) is 3.93. The molecular weight excluding hydrogens is 433 g/mol. The normalized spacial score (nSPS) is 11.2. The van der Waals surface area contributed by atoms with E-state index in [1.54, 1.807) is 43.3 Å².